The minimum Gasteiger partial charge on any atom is -0.495 e. The number of imidazole rings is 1. The number of rotatable bonds is 5. The van der Waals surface area contributed by atoms with E-state index in [1.807, 2.05) is 48.0 Å². The molecule has 7 heteroatoms. The number of aryl methyl sites for hydroxylation is 1. The fourth-order valence-corrected chi connectivity index (χ4v) is 3.19. The largest absolute Gasteiger partial charge is 0.495 e. The summed E-state index contributed by atoms with van der Waals surface area (Å²) in [6.07, 6.45) is 5.34. The van der Waals surface area contributed by atoms with Crippen LogP contribution in [-0.4, -0.2) is 26.6 Å². The van der Waals surface area contributed by atoms with Crippen molar-refractivity contribution in [2.45, 2.75) is 13.5 Å². The predicted molar refractivity (Wildman–Crippen MR) is 107 cm³/mol. The lowest BCUT2D eigenvalue weighted by Crippen LogP contribution is -2.03. The Hall–Kier alpha value is -3.12. The quantitative estimate of drug-likeness (QED) is 0.556. The van der Waals surface area contributed by atoms with Gasteiger partial charge in [-0.15, -0.1) is 0 Å². The standard InChI is InChI=1S/C20H18ClN5O/c1-13-10-26(12-25-13)15-4-5-18-16(8-15)20(24-11-23-18)22-9-14-3-6-19(27-2)17(21)7-14/h3-8,10-12H,9H2,1-2H3,(H,22,23,24). The molecule has 2 aromatic carbocycles. The number of hydrogen-bond acceptors (Lipinski definition) is 5. The Labute approximate surface area is 161 Å². The molecule has 0 aliphatic carbocycles. The van der Waals surface area contributed by atoms with Crippen molar-refractivity contribution in [1.82, 2.24) is 19.5 Å². The zero-order valence-corrected chi connectivity index (χ0v) is 15.7. The minimum atomic E-state index is 0.585. The Kier molecular flexibility index (Phi) is 4.64. The molecular weight excluding hydrogens is 362 g/mol. The minimum absolute atomic E-state index is 0.585. The molecule has 0 aliphatic rings. The molecule has 2 heterocycles. The first-order valence-corrected chi connectivity index (χ1v) is 8.84. The van der Waals surface area contributed by atoms with Crippen molar-refractivity contribution >= 4 is 28.3 Å². The maximum absolute atomic E-state index is 6.21. The number of hydrogen-bond donors (Lipinski definition) is 1. The highest BCUT2D eigenvalue weighted by Gasteiger charge is 2.07. The van der Waals surface area contributed by atoms with Gasteiger partial charge in [-0.1, -0.05) is 17.7 Å². The van der Waals surface area contributed by atoms with Crippen LogP contribution in [0.1, 0.15) is 11.3 Å². The zero-order valence-electron chi connectivity index (χ0n) is 15.0. The third-order valence-corrected chi connectivity index (χ3v) is 4.60. The molecule has 0 radical (unpaired) electrons. The molecule has 0 saturated carbocycles. The monoisotopic (exact) mass is 379 g/mol. The van der Waals surface area contributed by atoms with Gasteiger partial charge in [0.15, 0.2) is 0 Å². The van der Waals surface area contributed by atoms with E-state index in [1.165, 1.54) is 0 Å². The molecule has 136 valence electrons. The van der Waals surface area contributed by atoms with Gasteiger partial charge in [0.05, 0.1) is 29.7 Å². The van der Waals surface area contributed by atoms with E-state index in [1.54, 1.807) is 19.8 Å². The molecule has 6 nitrogen and oxygen atoms in total. The molecule has 27 heavy (non-hydrogen) atoms. The molecule has 0 spiro atoms. The van der Waals surface area contributed by atoms with Crippen LogP contribution in [0.15, 0.2) is 55.2 Å². The van der Waals surface area contributed by atoms with Crippen molar-refractivity contribution < 1.29 is 4.74 Å². The molecule has 0 fully saturated rings. The van der Waals surface area contributed by atoms with Gasteiger partial charge in [-0.2, -0.15) is 0 Å². The number of methoxy groups -OCH3 is 1. The van der Waals surface area contributed by atoms with Crippen LogP contribution < -0.4 is 10.1 Å². The zero-order chi connectivity index (χ0) is 18.8. The summed E-state index contributed by atoms with van der Waals surface area (Å²) in [4.78, 5) is 13.1. The van der Waals surface area contributed by atoms with Crippen molar-refractivity contribution in [3.63, 3.8) is 0 Å². The maximum Gasteiger partial charge on any atom is 0.137 e. The van der Waals surface area contributed by atoms with E-state index >= 15 is 0 Å². The lowest BCUT2D eigenvalue weighted by Gasteiger charge is -2.11. The number of fused-ring (bicyclic) bond motifs is 1. The van der Waals surface area contributed by atoms with E-state index in [-0.39, 0.29) is 0 Å². The highest BCUT2D eigenvalue weighted by Crippen LogP contribution is 2.26. The molecule has 4 rings (SSSR count). The number of ether oxygens (including phenoxy) is 1. The molecule has 0 aliphatic heterocycles. The van der Waals surface area contributed by atoms with Gasteiger partial charge in [-0.05, 0) is 42.8 Å². The van der Waals surface area contributed by atoms with Crippen molar-refractivity contribution in [2.75, 3.05) is 12.4 Å². The maximum atomic E-state index is 6.21. The Bertz CT molecular complexity index is 1110. The third-order valence-electron chi connectivity index (χ3n) is 4.30. The first-order valence-electron chi connectivity index (χ1n) is 8.46. The molecule has 0 amide bonds. The second kappa shape index (κ2) is 7.25. The van der Waals surface area contributed by atoms with Crippen LogP contribution in [0.2, 0.25) is 5.02 Å². The van der Waals surface area contributed by atoms with Gasteiger partial charge in [0.1, 0.15) is 17.9 Å². The number of aromatic nitrogens is 4. The van der Waals surface area contributed by atoms with Gasteiger partial charge in [-0.25, -0.2) is 15.0 Å². The SMILES string of the molecule is COc1ccc(CNc2ncnc3ccc(-n4cnc(C)c4)cc23)cc1Cl. The van der Waals surface area contributed by atoms with Gasteiger partial charge in [-0.3, -0.25) is 0 Å². The summed E-state index contributed by atoms with van der Waals surface area (Å²) in [5, 5.41) is 4.91. The lowest BCUT2D eigenvalue weighted by molar-refractivity contribution is 0.415. The van der Waals surface area contributed by atoms with Crippen molar-refractivity contribution in [3.8, 4) is 11.4 Å². The summed E-state index contributed by atoms with van der Waals surface area (Å²) >= 11 is 6.21. The molecule has 4 aromatic rings. The lowest BCUT2D eigenvalue weighted by atomic mass is 10.2. The molecular formula is C20H18ClN5O. The van der Waals surface area contributed by atoms with E-state index < -0.39 is 0 Å². The summed E-state index contributed by atoms with van der Waals surface area (Å²) < 4.78 is 7.18. The van der Waals surface area contributed by atoms with E-state index in [2.05, 4.69) is 26.3 Å². The van der Waals surface area contributed by atoms with Crippen molar-refractivity contribution in [1.29, 1.82) is 0 Å². The fraction of sp³-hybridized carbons (Fsp3) is 0.150. The van der Waals surface area contributed by atoms with Crippen LogP contribution in [-0.2, 0) is 6.54 Å². The van der Waals surface area contributed by atoms with Crippen LogP contribution in [0.25, 0.3) is 16.6 Å². The van der Waals surface area contributed by atoms with Crippen LogP contribution in [0, 0.1) is 6.92 Å². The third kappa shape index (κ3) is 3.57. The van der Waals surface area contributed by atoms with E-state index in [9.17, 15) is 0 Å². The average Bonchev–Trinajstić information content (AvgIpc) is 3.12. The molecule has 2 aromatic heterocycles. The van der Waals surface area contributed by atoms with Gasteiger partial charge >= 0.3 is 0 Å². The van der Waals surface area contributed by atoms with Gasteiger partial charge in [0.2, 0.25) is 0 Å². The van der Waals surface area contributed by atoms with E-state index in [0.717, 1.165) is 33.7 Å². The Balaban J connectivity index is 1.64. The van der Waals surface area contributed by atoms with E-state index in [0.29, 0.717) is 17.3 Å². The molecule has 0 unspecified atom stereocenters. The first kappa shape index (κ1) is 17.3. The normalized spacial score (nSPS) is 10.9. The number of halogens is 1. The molecule has 0 atom stereocenters. The summed E-state index contributed by atoms with van der Waals surface area (Å²) in [5.74, 6) is 1.43. The second-order valence-electron chi connectivity index (χ2n) is 6.17. The highest BCUT2D eigenvalue weighted by atomic mass is 35.5. The first-order chi connectivity index (χ1) is 13.1. The molecule has 0 bridgehead atoms. The van der Waals surface area contributed by atoms with Gasteiger partial charge < -0.3 is 14.6 Å². The number of benzene rings is 2. The number of nitrogens with one attached hydrogen (secondary N) is 1. The summed E-state index contributed by atoms with van der Waals surface area (Å²) in [6, 6.07) is 11.8. The molecule has 0 saturated heterocycles. The summed E-state index contributed by atoms with van der Waals surface area (Å²) in [7, 11) is 1.60. The van der Waals surface area contributed by atoms with Gasteiger partial charge in [0, 0.05) is 23.8 Å². The Morgan fingerprint density at radius 2 is 2.00 bits per heavy atom. The predicted octanol–water partition coefficient (Wildman–Crippen LogP) is 4.40. The Morgan fingerprint density at radius 1 is 1.11 bits per heavy atom. The van der Waals surface area contributed by atoms with Crippen LogP contribution in [0.5, 0.6) is 5.75 Å². The average molecular weight is 380 g/mol. The topological polar surface area (TPSA) is 64.9 Å². The fourth-order valence-electron chi connectivity index (χ4n) is 2.91. The number of nitrogens with zero attached hydrogens (tertiary/aromatic N) is 4. The van der Waals surface area contributed by atoms with Crippen LogP contribution in [0.4, 0.5) is 5.82 Å². The Morgan fingerprint density at radius 3 is 2.74 bits per heavy atom. The van der Waals surface area contributed by atoms with E-state index in [4.69, 9.17) is 16.3 Å². The number of anilines is 1. The highest BCUT2D eigenvalue weighted by molar-refractivity contribution is 6.32. The smallest absolute Gasteiger partial charge is 0.137 e. The second-order valence-corrected chi connectivity index (χ2v) is 6.58. The van der Waals surface area contributed by atoms with Crippen molar-refractivity contribution in [2.24, 2.45) is 0 Å². The summed E-state index contributed by atoms with van der Waals surface area (Å²) in [5.41, 5.74) is 3.89. The van der Waals surface area contributed by atoms with Crippen LogP contribution in [0.3, 0.4) is 0 Å². The summed E-state index contributed by atoms with van der Waals surface area (Å²) in [6.45, 7) is 2.55. The molecule has 1 N–H and O–H groups in total. The van der Waals surface area contributed by atoms with Crippen molar-refractivity contribution in [3.05, 3.63) is 71.5 Å². The van der Waals surface area contributed by atoms with Gasteiger partial charge in [0.25, 0.3) is 0 Å². The van der Waals surface area contributed by atoms with Crippen LogP contribution >= 0.6 is 11.6 Å².